The predicted octanol–water partition coefficient (Wildman–Crippen LogP) is 3.78. The lowest BCUT2D eigenvalue weighted by molar-refractivity contribution is 0.240. The molecule has 1 aliphatic carbocycles. The van der Waals surface area contributed by atoms with Crippen LogP contribution in [0, 0.1) is 0 Å². The zero-order valence-corrected chi connectivity index (χ0v) is 19.4. The Morgan fingerprint density at radius 2 is 1.79 bits per heavy atom. The van der Waals surface area contributed by atoms with Crippen LogP contribution < -0.4 is 10.2 Å². The van der Waals surface area contributed by atoms with Crippen molar-refractivity contribution >= 4 is 28.0 Å². The van der Waals surface area contributed by atoms with Crippen molar-refractivity contribution in [2.45, 2.75) is 61.4 Å². The third-order valence-corrected chi connectivity index (χ3v) is 8.93. The molecule has 2 aliphatic heterocycles. The summed E-state index contributed by atoms with van der Waals surface area (Å²) < 4.78 is 27.9. The van der Waals surface area contributed by atoms with E-state index in [1.165, 1.54) is 10.7 Å². The largest absolute Gasteiger partial charge is 0.593 e. The summed E-state index contributed by atoms with van der Waals surface area (Å²) in [5.41, 5.74) is 0.00324. The van der Waals surface area contributed by atoms with Gasteiger partial charge in [0, 0.05) is 19.3 Å². The van der Waals surface area contributed by atoms with Gasteiger partial charge in [0.15, 0.2) is 15.3 Å². The Kier molecular flexibility index (Phi) is 6.03. The molecule has 9 heteroatoms. The number of pyridine rings is 1. The van der Waals surface area contributed by atoms with E-state index in [9.17, 15) is 13.6 Å². The molecule has 3 aliphatic rings. The number of aliphatic imine (C=N–C) groups is 1. The van der Waals surface area contributed by atoms with Crippen LogP contribution in [0.25, 0.3) is 0 Å². The second kappa shape index (κ2) is 8.96. The number of sulfonamides is 1. The summed E-state index contributed by atoms with van der Waals surface area (Å²) in [6, 6.07) is 12.2. The highest BCUT2D eigenvalue weighted by molar-refractivity contribution is 7.95. The number of carbonyl (C=O) groups is 1. The average molecular weight is 468 g/mol. The van der Waals surface area contributed by atoms with E-state index in [1.807, 2.05) is 12.1 Å². The minimum Gasteiger partial charge on any atom is -0.593 e. The zero-order chi connectivity index (χ0) is 22.9. The number of piperidine rings is 1. The van der Waals surface area contributed by atoms with Crippen molar-refractivity contribution in [2.24, 2.45) is 4.99 Å². The van der Waals surface area contributed by atoms with Gasteiger partial charge in [0.2, 0.25) is 0 Å². The van der Waals surface area contributed by atoms with E-state index >= 15 is 0 Å². The molecule has 0 bridgehead atoms. The lowest BCUT2D eigenvalue weighted by atomic mass is 9.85. The van der Waals surface area contributed by atoms with E-state index in [-0.39, 0.29) is 12.1 Å². The summed E-state index contributed by atoms with van der Waals surface area (Å²) in [4.78, 5) is 24.5. The number of hydrogen-bond acceptors (Lipinski definition) is 5. The molecule has 174 valence electrons. The molecule has 3 fully saturated rings. The Balaban J connectivity index is 1.47. The quantitative estimate of drug-likeness (QED) is 0.692. The SMILES string of the molecule is O=C1NC(=NC2CCCCC2)C2(CCN([S+](=O)([O-])c3ccccc3)CC2)N1c1cccnc1. The highest BCUT2D eigenvalue weighted by Gasteiger charge is 2.55. The first-order valence-electron chi connectivity index (χ1n) is 11.7. The first-order chi connectivity index (χ1) is 16.0. The van der Waals surface area contributed by atoms with Crippen molar-refractivity contribution < 1.29 is 13.6 Å². The molecule has 1 aromatic carbocycles. The number of anilines is 1. The van der Waals surface area contributed by atoms with Crippen LogP contribution in [0.3, 0.4) is 0 Å². The van der Waals surface area contributed by atoms with Gasteiger partial charge in [-0.1, -0.05) is 41.7 Å². The fraction of sp³-hybridized carbons (Fsp3) is 0.458. The van der Waals surface area contributed by atoms with Crippen molar-refractivity contribution in [1.29, 1.82) is 0 Å². The van der Waals surface area contributed by atoms with Gasteiger partial charge in [-0.05, 0) is 49.9 Å². The number of urea groups is 1. The van der Waals surface area contributed by atoms with Crippen molar-refractivity contribution in [3.05, 3.63) is 54.9 Å². The highest BCUT2D eigenvalue weighted by Crippen LogP contribution is 2.40. The number of nitrogens with one attached hydrogen (secondary N) is 1. The van der Waals surface area contributed by atoms with Crippen LogP contribution in [0.1, 0.15) is 44.9 Å². The fourth-order valence-corrected chi connectivity index (χ4v) is 6.73. The molecular weight excluding hydrogens is 438 g/mol. The van der Waals surface area contributed by atoms with Crippen LogP contribution in [0.2, 0.25) is 0 Å². The lowest BCUT2D eigenvalue weighted by Crippen LogP contribution is -2.58. The van der Waals surface area contributed by atoms with E-state index < -0.39 is 15.9 Å². The van der Waals surface area contributed by atoms with E-state index in [1.54, 1.807) is 47.6 Å². The molecule has 1 spiro atoms. The summed E-state index contributed by atoms with van der Waals surface area (Å²) in [5, 5.41) is 3.04. The third kappa shape index (κ3) is 4.09. The summed E-state index contributed by atoms with van der Waals surface area (Å²) in [5.74, 6) is 0.681. The molecule has 3 heterocycles. The number of hydrogen-bond donors (Lipinski definition) is 1. The smallest absolute Gasteiger partial charge is 0.328 e. The van der Waals surface area contributed by atoms with Crippen LogP contribution in [-0.2, 0) is 14.6 Å². The minimum atomic E-state index is -3.59. The molecular formula is C24H29N5O3S. The standard InChI is InChI=1S/C24H29N5O3S/c30-23-27-22(26-19-8-3-1-4-9-19)24(29(23)20-10-7-15-25-18-20)13-16-28(17-14-24)33(31,32)21-11-5-2-6-12-21/h2,5-7,10-12,15,18-19H,1,3-4,8-9,13-14,16-17H2,(H-,26,27,30,31,32). The second-order valence-electron chi connectivity index (χ2n) is 9.00. The first-order valence-corrected chi connectivity index (χ1v) is 13.1. The molecule has 1 unspecified atom stereocenters. The molecule has 1 atom stereocenters. The topological polar surface area (TPSA) is 101 Å². The molecule has 33 heavy (non-hydrogen) atoms. The Morgan fingerprint density at radius 1 is 1.06 bits per heavy atom. The van der Waals surface area contributed by atoms with Crippen molar-refractivity contribution in [1.82, 2.24) is 14.6 Å². The molecule has 2 aromatic rings. The molecule has 2 saturated heterocycles. The van der Waals surface area contributed by atoms with E-state index in [4.69, 9.17) is 4.99 Å². The number of nitrogens with zero attached hydrogens (tertiary/aromatic N) is 4. The number of aromatic nitrogens is 1. The van der Waals surface area contributed by atoms with Crippen LogP contribution in [-0.4, -0.2) is 50.4 Å². The van der Waals surface area contributed by atoms with Crippen molar-refractivity contribution in [2.75, 3.05) is 18.0 Å². The van der Waals surface area contributed by atoms with E-state index in [0.717, 1.165) is 25.7 Å². The summed E-state index contributed by atoms with van der Waals surface area (Å²) in [6.45, 7) is 0.624. The molecule has 1 N–H and O–H groups in total. The molecule has 0 radical (unpaired) electrons. The Hall–Kier alpha value is -2.62. The predicted molar refractivity (Wildman–Crippen MR) is 127 cm³/mol. The maximum absolute atomic E-state index is 13.2. The van der Waals surface area contributed by atoms with Gasteiger partial charge in [-0.25, -0.2) is 4.79 Å². The van der Waals surface area contributed by atoms with Crippen molar-refractivity contribution in [3.8, 4) is 0 Å². The van der Waals surface area contributed by atoms with E-state index in [0.29, 0.717) is 42.3 Å². The maximum Gasteiger partial charge on any atom is 0.328 e. The number of amidine groups is 1. The summed E-state index contributed by atoms with van der Waals surface area (Å²) >= 11 is 0. The Labute approximate surface area is 195 Å². The summed E-state index contributed by atoms with van der Waals surface area (Å²) in [6.07, 6.45) is 9.88. The minimum absolute atomic E-state index is 0.200. The molecule has 8 nitrogen and oxygen atoms in total. The molecule has 1 aromatic heterocycles. The van der Waals surface area contributed by atoms with Gasteiger partial charge < -0.3 is 4.55 Å². The van der Waals surface area contributed by atoms with Crippen LogP contribution >= 0.6 is 0 Å². The average Bonchev–Trinajstić information content (AvgIpc) is 3.11. The van der Waals surface area contributed by atoms with Gasteiger partial charge in [-0.2, -0.15) is 0 Å². The number of benzene rings is 1. The molecule has 2 amide bonds. The van der Waals surface area contributed by atoms with Crippen LogP contribution in [0.4, 0.5) is 10.5 Å². The highest BCUT2D eigenvalue weighted by atomic mass is 32.3. The number of rotatable bonds is 4. The van der Waals surface area contributed by atoms with E-state index in [2.05, 4.69) is 10.3 Å². The molecule has 5 rings (SSSR count). The maximum atomic E-state index is 13.2. The van der Waals surface area contributed by atoms with Gasteiger partial charge in [0.25, 0.3) is 0 Å². The first kappa shape index (κ1) is 22.2. The van der Waals surface area contributed by atoms with Gasteiger partial charge in [0.1, 0.15) is 11.4 Å². The third-order valence-electron chi connectivity index (χ3n) is 7.02. The van der Waals surface area contributed by atoms with Gasteiger partial charge in [-0.3, -0.25) is 20.2 Å². The van der Waals surface area contributed by atoms with Crippen LogP contribution in [0.5, 0.6) is 0 Å². The second-order valence-corrected chi connectivity index (χ2v) is 10.9. The number of amides is 2. The summed E-state index contributed by atoms with van der Waals surface area (Å²) in [7, 11) is -3.59. The van der Waals surface area contributed by atoms with Gasteiger partial charge in [-0.15, -0.1) is 4.31 Å². The van der Waals surface area contributed by atoms with Gasteiger partial charge in [0.05, 0.1) is 17.9 Å². The fourth-order valence-electron chi connectivity index (χ4n) is 5.27. The molecule has 1 saturated carbocycles. The Bertz CT molecular complexity index is 1060. The number of carbonyl (C=O) groups excluding carboxylic acids is 1. The Morgan fingerprint density at radius 3 is 2.45 bits per heavy atom. The monoisotopic (exact) mass is 467 g/mol. The van der Waals surface area contributed by atoms with Gasteiger partial charge >= 0.3 is 6.03 Å². The van der Waals surface area contributed by atoms with Crippen molar-refractivity contribution in [3.63, 3.8) is 0 Å². The normalized spacial score (nSPS) is 24.7. The zero-order valence-electron chi connectivity index (χ0n) is 18.6. The lowest BCUT2D eigenvalue weighted by Gasteiger charge is -2.43. The van der Waals surface area contributed by atoms with Crippen LogP contribution in [0.15, 0.2) is 64.7 Å².